The number of rotatable bonds is 21. The van der Waals surface area contributed by atoms with E-state index < -0.39 is 7.14 Å². The first kappa shape index (κ1) is 30.1. The molecule has 0 saturated carbocycles. The van der Waals surface area contributed by atoms with E-state index in [0.29, 0.717) is 0 Å². The van der Waals surface area contributed by atoms with Gasteiger partial charge < -0.3 is 4.57 Å². The van der Waals surface area contributed by atoms with E-state index in [9.17, 15) is 4.57 Å². The monoisotopic (exact) mass is 492 g/mol. The van der Waals surface area contributed by atoms with Gasteiger partial charge in [-0.25, -0.2) is 0 Å². The second-order valence-electron chi connectivity index (χ2n) is 8.53. The maximum absolute atomic E-state index is 13.5. The molecule has 0 spiro atoms. The molecule has 0 aliphatic heterocycles. The summed E-state index contributed by atoms with van der Waals surface area (Å²) in [5.74, 6) is 0. The van der Waals surface area contributed by atoms with Crippen LogP contribution in [0.2, 0.25) is 0 Å². The largest absolute Gasteiger partial charge is 0.324 e. The van der Waals surface area contributed by atoms with Crippen LogP contribution < -0.4 is 0 Å². The van der Waals surface area contributed by atoms with E-state index in [2.05, 4.69) is 20.8 Å². The Morgan fingerprint density at radius 1 is 0.407 bits per heavy atom. The third kappa shape index (κ3) is 21.4. The first-order valence-corrected chi connectivity index (χ1v) is 14.5. The molecule has 27 heavy (non-hydrogen) atoms. The predicted octanol–water partition coefficient (Wildman–Crippen LogP) is 9.43. The summed E-state index contributed by atoms with van der Waals surface area (Å²) < 4.78 is 13.5. The van der Waals surface area contributed by atoms with Crippen molar-refractivity contribution in [2.75, 3.05) is 18.5 Å². The minimum absolute atomic E-state index is 0. The summed E-state index contributed by atoms with van der Waals surface area (Å²) in [6.45, 7) is 6.82. The zero-order chi connectivity index (χ0) is 19.3. The number of hydrogen-bond donors (Lipinski definition) is 0. The molecule has 0 aromatic carbocycles. The van der Waals surface area contributed by atoms with Gasteiger partial charge in [0.05, 0.1) is 7.14 Å². The standard InChI is InChI=1S/C24H51OP.Pd/c1-4-7-10-13-16-19-22-26(25,23-20-17-14-11-8-5-2)24-21-18-15-12-9-6-3;/h4-24H2,1-3H3;. The Bertz CT molecular complexity index is 272. The Labute approximate surface area is 186 Å². The minimum atomic E-state index is -1.89. The predicted molar refractivity (Wildman–Crippen MR) is 122 cm³/mol. The van der Waals surface area contributed by atoms with Gasteiger partial charge in [0.2, 0.25) is 0 Å². The fraction of sp³-hybridized carbons (Fsp3) is 1.00. The molecule has 0 aliphatic rings. The molecule has 0 fully saturated rings. The molecule has 0 bridgehead atoms. The van der Waals surface area contributed by atoms with E-state index in [4.69, 9.17) is 0 Å². The van der Waals surface area contributed by atoms with Crippen LogP contribution in [0.4, 0.5) is 0 Å². The molecule has 0 N–H and O–H groups in total. The fourth-order valence-electron chi connectivity index (χ4n) is 3.88. The minimum Gasteiger partial charge on any atom is -0.324 e. The Morgan fingerprint density at radius 2 is 0.630 bits per heavy atom. The van der Waals surface area contributed by atoms with Crippen LogP contribution in [0.1, 0.15) is 136 Å². The summed E-state index contributed by atoms with van der Waals surface area (Å²) in [6, 6.07) is 0. The second kappa shape index (κ2) is 23.2. The van der Waals surface area contributed by atoms with Gasteiger partial charge in [0, 0.05) is 38.9 Å². The van der Waals surface area contributed by atoms with Crippen molar-refractivity contribution in [3.05, 3.63) is 0 Å². The third-order valence-corrected chi connectivity index (χ3v) is 9.15. The van der Waals surface area contributed by atoms with Crippen LogP contribution in [0.15, 0.2) is 0 Å². The van der Waals surface area contributed by atoms with Crippen LogP contribution in [0, 0.1) is 0 Å². The van der Waals surface area contributed by atoms with Crippen LogP contribution in [-0.4, -0.2) is 18.5 Å². The van der Waals surface area contributed by atoms with Gasteiger partial charge in [-0.3, -0.25) is 0 Å². The molecule has 0 amide bonds. The van der Waals surface area contributed by atoms with E-state index in [0.717, 1.165) is 18.5 Å². The van der Waals surface area contributed by atoms with Crippen molar-refractivity contribution in [2.45, 2.75) is 136 Å². The Hall–Kier alpha value is 0.892. The van der Waals surface area contributed by atoms with Gasteiger partial charge in [-0.2, -0.15) is 0 Å². The number of unbranched alkanes of at least 4 members (excludes halogenated alkanes) is 15. The van der Waals surface area contributed by atoms with Gasteiger partial charge in [-0.05, 0) is 19.3 Å². The van der Waals surface area contributed by atoms with Crippen LogP contribution in [0.5, 0.6) is 0 Å². The fourth-order valence-corrected chi connectivity index (χ4v) is 6.95. The molecule has 0 saturated heterocycles. The zero-order valence-electron chi connectivity index (χ0n) is 19.0. The van der Waals surface area contributed by atoms with Crippen molar-refractivity contribution in [1.82, 2.24) is 0 Å². The molecule has 0 atom stereocenters. The van der Waals surface area contributed by atoms with Crippen molar-refractivity contribution >= 4 is 7.14 Å². The van der Waals surface area contributed by atoms with Crippen LogP contribution in [0.25, 0.3) is 0 Å². The molecular weight excluding hydrogens is 442 g/mol. The van der Waals surface area contributed by atoms with E-state index in [1.54, 1.807) is 0 Å². The molecule has 3 heteroatoms. The summed E-state index contributed by atoms with van der Waals surface area (Å²) in [7, 11) is -1.89. The van der Waals surface area contributed by atoms with Crippen molar-refractivity contribution in [3.8, 4) is 0 Å². The maximum atomic E-state index is 13.5. The Morgan fingerprint density at radius 3 is 0.889 bits per heavy atom. The van der Waals surface area contributed by atoms with Crippen molar-refractivity contribution in [1.29, 1.82) is 0 Å². The summed E-state index contributed by atoms with van der Waals surface area (Å²) in [5, 5.41) is 0. The molecule has 0 rings (SSSR count). The van der Waals surface area contributed by atoms with E-state index in [-0.39, 0.29) is 20.4 Å². The Kier molecular flexibility index (Phi) is 25.8. The topological polar surface area (TPSA) is 17.1 Å². The molecule has 0 unspecified atom stereocenters. The normalized spacial score (nSPS) is 11.5. The molecular formula is C24H51OPPd. The van der Waals surface area contributed by atoms with Gasteiger partial charge in [-0.1, -0.05) is 117 Å². The van der Waals surface area contributed by atoms with E-state index in [1.165, 1.54) is 116 Å². The van der Waals surface area contributed by atoms with E-state index in [1.807, 2.05) is 0 Å². The van der Waals surface area contributed by atoms with E-state index >= 15 is 0 Å². The van der Waals surface area contributed by atoms with Gasteiger partial charge in [-0.15, -0.1) is 0 Å². The van der Waals surface area contributed by atoms with Gasteiger partial charge in [0.15, 0.2) is 0 Å². The quantitative estimate of drug-likeness (QED) is 0.0885. The first-order chi connectivity index (χ1) is 12.7. The molecule has 168 valence electrons. The first-order valence-electron chi connectivity index (χ1n) is 12.3. The number of hydrogen-bond acceptors (Lipinski definition) is 1. The van der Waals surface area contributed by atoms with Gasteiger partial charge >= 0.3 is 0 Å². The summed E-state index contributed by atoms with van der Waals surface area (Å²) in [5.41, 5.74) is 0. The Balaban J connectivity index is 0. The third-order valence-electron chi connectivity index (χ3n) is 5.76. The zero-order valence-corrected chi connectivity index (χ0v) is 21.5. The SMILES string of the molecule is CCCCCCCCP(=O)(CCCCCCCC)CCCCCCCC.[Pd]. The summed E-state index contributed by atoms with van der Waals surface area (Å²) >= 11 is 0. The second-order valence-corrected chi connectivity index (χ2v) is 12.0. The molecule has 0 aliphatic carbocycles. The van der Waals surface area contributed by atoms with Crippen molar-refractivity contribution in [3.63, 3.8) is 0 Å². The smallest absolute Gasteiger partial charge is 0.0877 e. The van der Waals surface area contributed by atoms with Crippen LogP contribution in [0.3, 0.4) is 0 Å². The van der Waals surface area contributed by atoms with Crippen LogP contribution >= 0.6 is 7.14 Å². The molecule has 0 aromatic heterocycles. The summed E-state index contributed by atoms with van der Waals surface area (Å²) in [6.07, 6.45) is 26.9. The van der Waals surface area contributed by atoms with Crippen molar-refractivity contribution < 1.29 is 25.0 Å². The molecule has 0 aromatic rings. The summed E-state index contributed by atoms with van der Waals surface area (Å²) in [4.78, 5) is 0. The van der Waals surface area contributed by atoms with Gasteiger partial charge in [0.25, 0.3) is 0 Å². The average Bonchev–Trinajstić information content (AvgIpc) is 2.64. The maximum Gasteiger partial charge on any atom is 0.0877 e. The van der Waals surface area contributed by atoms with Crippen LogP contribution in [-0.2, 0) is 25.0 Å². The average molecular weight is 493 g/mol. The van der Waals surface area contributed by atoms with Crippen molar-refractivity contribution in [2.24, 2.45) is 0 Å². The van der Waals surface area contributed by atoms with Gasteiger partial charge in [0.1, 0.15) is 0 Å². The molecule has 0 heterocycles. The molecule has 1 nitrogen and oxygen atoms in total. The molecule has 0 radical (unpaired) electrons.